The SMILES string of the molecule is c1ccc(CN2CCC3(CC2)CCN(C2CC2)C3)cc1. The smallest absolute Gasteiger partial charge is 0.0233 e. The Hall–Kier alpha value is -0.860. The largest absolute Gasteiger partial charge is 0.300 e. The monoisotopic (exact) mass is 270 g/mol. The predicted molar refractivity (Wildman–Crippen MR) is 82.6 cm³/mol. The molecule has 1 spiro atoms. The summed E-state index contributed by atoms with van der Waals surface area (Å²) in [6, 6.07) is 11.9. The second-order valence-corrected chi connectivity index (χ2v) is 7.21. The van der Waals surface area contributed by atoms with E-state index in [1.54, 1.807) is 0 Å². The van der Waals surface area contributed by atoms with Gasteiger partial charge in [-0.3, -0.25) is 9.80 Å². The maximum Gasteiger partial charge on any atom is 0.0233 e. The zero-order valence-electron chi connectivity index (χ0n) is 12.4. The Morgan fingerprint density at radius 2 is 1.65 bits per heavy atom. The molecule has 1 aliphatic carbocycles. The van der Waals surface area contributed by atoms with Gasteiger partial charge in [0, 0.05) is 19.1 Å². The molecule has 0 unspecified atom stereocenters. The summed E-state index contributed by atoms with van der Waals surface area (Å²) in [6.45, 7) is 6.52. The van der Waals surface area contributed by atoms with Gasteiger partial charge in [-0.05, 0) is 62.7 Å². The third-order valence-electron chi connectivity index (χ3n) is 5.70. The third kappa shape index (κ3) is 2.64. The lowest BCUT2D eigenvalue weighted by molar-refractivity contribution is 0.102. The normalized spacial score (nSPS) is 27.2. The van der Waals surface area contributed by atoms with Gasteiger partial charge in [0.25, 0.3) is 0 Å². The Kier molecular flexibility index (Phi) is 3.31. The van der Waals surface area contributed by atoms with Crippen molar-refractivity contribution in [1.82, 2.24) is 9.80 Å². The highest BCUT2D eigenvalue weighted by Gasteiger charge is 2.44. The van der Waals surface area contributed by atoms with Gasteiger partial charge in [-0.15, -0.1) is 0 Å². The van der Waals surface area contributed by atoms with Gasteiger partial charge >= 0.3 is 0 Å². The summed E-state index contributed by atoms with van der Waals surface area (Å²) in [6.07, 6.45) is 7.24. The van der Waals surface area contributed by atoms with Crippen molar-refractivity contribution >= 4 is 0 Å². The summed E-state index contributed by atoms with van der Waals surface area (Å²) < 4.78 is 0. The summed E-state index contributed by atoms with van der Waals surface area (Å²) >= 11 is 0. The molecule has 0 radical (unpaired) electrons. The Morgan fingerprint density at radius 1 is 0.950 bits per heavy atom. The fourth-order valence-electron chi connectivity index (χ4n) is 4.16. The van der Waals surface area contributed by atoms with Gasteiger partial charge in [-0.2, -0.15) is 0 Å². The van der Waals surface area contributed by atoms with Gasteiger partial charge < -0.3 is 0 Å². The number of hydrogen-bond acceptors (Lipinski definition) is 2. The van der Waals surface area contributed by atoms with Crippen LogP contribution in [0.5, 0.6) is 0 Å². The topological polar surface area (TPSA) is 6.48 Å². The lowest BCUT2D eigenvalue weighted by atomic mass is 9.77. The average molecular weight is 270 g/mol. The number of hydrogen-bond donors (Lipinski definition) is 0. The van der Waals surface area contributed by atoms with Crippen LogP contribution < -0.4 is 0 Å². The molecule has 108 valence electrons. The molecule has 0 amide bonds. The first-order valence-corrected chi connectivity index (χ1v) is 8.33. The van der Waals surface area contributed by atoms with E-state index in [0.717, 1.165) is 12.6 Å². The molecule has 2 heteroatoms. The van der Waals surface area contributed by atoms with E-state index in [-0.39, 0.29) is 0 Å². The molecule has 0 bridgehead atoms. The first kappa shape index (κ1) is 12.8. The van der Waals surface area contributed by atoms with Crippen LogP contribution >= 0.6 is 0 Å². The minimum Gasteiger partial charge on any atom is -0.300 e. The van der Waals surface area contributed by atoms with Crippen molar-refractivity contribution in [2.75, 3.05) is 26.2 Å². The fourth-order valence-corrected chi connectivity index (χ4v) is 4.16. The average Bonchev–Trinajstić information content (AvgIpc) is 3.26. The molecule has 3 aliphatic rings. The van der Waals surface area contributed by atoms with Crippen molar-refractivity contribution in [3.63, 3.8) is 0 Å². The summed E-state index contributed by atoms with van der Waals surface area (Å²) in [5, 5.41) is 0. The molecule has 2 saturated heterocycles. The van der Waals surface area contributed by atoms with E-state index in [2.05, 4.69) is 40.1 Å². The minimum atomic E-state index is 0.676. The highest BCUT2D eigenvalue weighted by atomic mass is 15.2. The van der Waals surface area contributed by atoms with Crippen molar-refractivity contribution in [3.8, 4) is 0 Å². The van der Waals surface area contributed by atoms with E-state index in [4.69, 9.17) is 0 Å². The molecule has 1 aromatic carbocycles. The van der Waals surface area contributed by atoms with Crippen LogP contribution in [0.1, 0.15) is 37.7 Å². The standard InChI is InChI=1S/C18H26N2/c1-2-4-16(5-3-1)14-19-11-8-18(9-12-19)10-13-20(15-18)17-6-7-17/h1-5,17H,6-15H2. The summed E-state index contributed by atoms with van der Waals surface area (Å²) in [5.74, 6) is 0. The predicted octanol–water partition coefficient (Wildman–Crippen LogP) is 3.14. The molecular formula is C18H26N2. The zero-order chi connectivity index (χ0) is 13.4. The third-order valence-corrected chi connectivity index (χ3v) is 5.70. The molecule has 0 N–H and O–H groups in total. The molecule has 0 aromatic heterocycles. The van der Waals surface area contributed by atoms with Crippen molar-refractivity contribution in [2.24, 2.45) is 5.41 Å². The van der Waals surface area contributed by atoms with Gasteiger partial charge in [0.05, 0.1) is 0 Å². The van der Waals surface area contributed by atoms with E-state index in [1.165, 1.54) is 63.8 Å². The highest BCUT2D eigenvalue weighted by molar-refractivity contribution is 5.14. The molecule has 0 atom stereocenters. The van der Waals surface area contributed by atoms with Crippen molar-refractivity contribution in [2.45, 2.75) is 44.7 Å². The first-order chi connectivity index (χ1) is 9.83. The maximum atomic E-state index is 2.78. The molecule has 2 heterocycles. The number of likely N-dealkylation sites (tertiary alicyclic amines) is 2. The number of piperidine rings is 1. The second-order valence-electron chi connectivity index (χ2n) is 7.21. The van der Waals surface area contributed by atoms with Gasteiger partial charge in [0.15, 0.2) is 0 Å². The van der Waals surface area contributed by atoms with E-state index >= 15 is 0 Å². The summed E-state index contributed by atoms with van der Waals surface area (Å²) in [5.41, 5.74) is 2.14. The van der Waals surface area contributed by atoms with Crippen LogP contribution in [0.3, 0.4) is 0 Å². The Labute approximate surface area is 122 Å². The van der Waals surface area contributed by atoms with Crippen LogP contribution in [-0.2, 0) is 6.54 Å². The molecule has 2 nitrogen and oxygen atoms in total. The van der Waals surface area contributed by atoms with Crippen LogP contribution in [0.25, 0.3) is 0 Å². The maximum absolute atomic E-state index is 2.78. The summed E-state index contributed by atoms with van der Waals surface area (Å²) in [7, 11) is 0. The number of benzene rings is 1. The number of rotatable bonds is 3. The fraction of sp³-hybridized carbons (Fsp3) is 0.667. The molecule has 2 aliphatic heterocycles. The second kappa shape index (κ2) is 5.16. The van der Waals surface area contributed by atoms with Crippen LogP contribution in [-0.4, -0.2) is 42.0 Å². The Balaban J connectivity index is 1.32. The van der Waals surface area contributed by atoms with Crippen LogP contribution in [0.15, 0.2) is 30.3 Å². The highest BCUT2D eigenvalue weighted by Crippen LogP contribution is 2.44. The quantitative estimate of drug-likeness (QED) is 0.832. The van der Waals surface area contributed by atoms with E-state index in [0.29, 0.717) is 5.41 Å². The van der Waals surface area contributed by atoms with Gasteiger partial charge in [0.1, 0.15) is 0 Å². The van der Waals surface area contributed by atoms with Crippen molar-refractivity contribution in [1.29, 1.82) is 0 Å². The van der Waals surface area contributed by atoms with Crippen molar-refractivity contribution < 1.29 is 0 Å². The van der Waals surface area contributed by atoms with Gasteiger partial charge in [-0.25, -0.2) is 0 Å². The molecule has 3 fully saturated rings. The Bertz CT molecular complexity index is 444. The van der Waals surface area contributed by atoms with Gasteiger partial charge in [-0.1, -0.05) is 30.3 Å². The lowest BCUT2D eigenvalue weighted by Crippen LogP contribution is -2.41. The van der Waals surface area contributed by atoms with Gasteiger partial charge in [0.2, 0.25) is 0 Å². The first-order valence-electron chi connectivity index (χ1n) is 8.33. The minimum absolute atomic E-state index is 0.676. The van der Waals surface area contributed by atoms with Crippen molar-refractivity contribution in [3.05, 3.63) is 35.9 Å². The summed E-state index contributed by atoms with van der Waals surface area (Å²) in [4.78, 5) is 5.44. The lowest BCUT2D eigenvalue weighted by Gasteiger charge is -2.39. The van der Waals surface area contributed by atoms with Crippen LogP contribution in [0.2, 0.25) is 0 Å². The van der Waals surface area contributed by atoms with Crippen LogP contribution in [0.4, 0.5) is 0 Å². The van der Waals surface area contributed by atoms with Crippen LogP contribution in [0, 0.1) is 5.41 Å². The molecule has 1 saturated carbocycles. The zero-order valence-corrected chi connectivity index (χ0v) is 12.4. The molecule has 20 heavy (non-hydrogen) atoms. The molecule has 1 aromatic rings. The van der Waals surface area contributed by atoms with E-state index in [1.807, 2.05) is 0 Å². The number of nitrogens with zero attached hydrogens (tertiary/aromatic N) is 2. The Morgan fingerprint density at radius 3 is 2.35 bits per heavy atom. The van der Waals surface area contributed by atoms with E-state index < -0.39 is 0 Å². The molecular weight excluding hydrogens is 244 g/mol. The molecule has 4 rings (SSSR count). The van der Waals surface area contributed by atoms with E-state index in [9.17, 15) is 0 Å².